The van der Waals surface area contributed by atoms with E-state index in [1.807, 2.05) is 0 Å². The summed E-state index contributed by atoms with van der Waals surface area (Å²) in [6.45, 7) is 0. The zero-order chi connectivity index (χ0) is 23.6. The highest BCUT2D eigenvalue weighted by Gasteiger charge is 2.18. The van der Waals surface area contributed by atoms with Crippen LogP contribution in [-0.4, -0.2) is 27.7 Å². The molecule has 0 saturated heterocycles. The Labute approximate surface area is 186 Å². The average Bonchev–Trinajstić information content (AvgIpc) is 3.14. The average molecular weight is 464 g/mol. The van der Waals surface area contributed by atoms with E-state index in [-0.39, 0.29) is 22.8 Å². The van der Waals surface area contributed by atoms with E-state index in [1.54, 1.807) is 30.3 Å². The van der Waals surface area contributed by atoms with Gasteiger partial charge in [-0.1, -0.05) is 18.2 Å². The van der Waals surface area contributed by atoms with Gasteiger partial charge < -0.3 is 4.55 Å². The number of nitrogens with zero attached hydrogens (tertiary/aromatic N) is 4. The molecule has 0 bridgehead atoms. The molecule has 166 valence electrons. The zero-order valence-corrected chi connectivity index (χ0v) is 17.5. The van der Waals surface area contributed by atoms with Gasteiger partial charge in [-0.15, -0.1) is 5.11 Å². The number of rotatable bonds is 6. The van der Waals surface area contributed by atoms with Crippen molar-refractivity contribution >= 4 is 27.2 Å². The van der Waals surface area contributed by atoms with E-state index in [2.05, 4.69) is 15.3 Å². The maximum atomic E-state index is 13.1. The van der Waals surface area contributed by atoms with Gasteiger partial charge in [-0.3, -0.25) is 20.0 Å². The van der Waals surface area contributed by atoms with E-state index in [0.717, 1.165) is 12.1 Å². The molecule has 4 aromatic rings. The topological polar surface area (TPSA) is 163 Å². The van der Waals surface area contributed by atoms with Crippen LogP contribution >= 0.6 is 0 Å². The maximum absolute atomic E-state index is 13.1. The molecule has 12 heteroatoms. The SMILES string of the molecule is O=c1c(N=Nc2ccc(S(=O)(=O)[O-])cc2)c(-c2ccc([N+](=O)[O-])cc2)[nH]n1-c1ccccc1. The number of nitrogens with one attached hydrogen (secondary N) is 1. The second kappa shape index (κ2) is 8.61. The van der Waals surface area contributed by atoms with Crippen molar-refractivity contribution in [3.05, 3.63) is 99.3 Å². The molecule has 0 spiro atoms. The van der Waals surface area contributed by atoms with Gasteiger partial charge in [0.2, 0.25) is 0 Å². The Morgan fingerprint density at radius 1 is 0.879 bits per heavy atom. The van der Waals surface area contributed by atoms with Crippen LogP contribution in [-0.2, 0) is 10.1 Å². The number of para-hydroxylation sites is 1. The molecule has 0 amide bonds. The molecular weight excluding hydrogens is 450 g/mol. The van der Waals surface area contributed by atoms with E-state index < -0.39 is 25.5 Å². The minimum Gasteiger partial charge on any atom is -0.744 e. The molecule has 0 radical (unpaired) electrons. The first kappa shape index (κ1) is 21.8. The molecule has 4 rings (SSSR count). The maximum Gasteiger partial charge on any atom is 0.299 e. The Bertz CT molecular complexity index is 1510. The molecule has 1 N–H and O–H groups in total. The highest BCUT2D eigenvalue weighted by molar-refractivity contribution is 7.85. The Hall–Kier alpha value is -4.42. The normalized spacial score (nSPS) is 11.7. The predicted octanol–water partition coefficient (Wildman–Crippen LogP) is 4.06. The second-order valence-electron chi connectivity index (χ2n) is 6.76. The zero-order valence-electron chi connectivity index (χ0n) is 16.7. The first-order valence-corrected chi connectivity index (χ1v) is 10.8. The number of nitro benzene ring substituents is 1. The number of hydrogen-bond donors (Lipinski definition) is 1. The number of non-ortho nitro benzene ring substituents is 1. The van der Waals surface area contributed by atoms with Gasteiger partial charge in [0.1, 0.15) is 10.1 Å². The minimum absolute atomic E-state index is 0.0618. The summed E-state index contributed by atoms with van der Waals surface area (Å²) >= 11 is 0. The third kappa shape index (κ3) is 4.61. The molecule has 0 atom stereocenters. The van der Waals surface area contributed by atoms with E-state index >= 15 is 0 Å². The van der Waals surface area contributed by atoms with E-state index in [9.17, 15) is 27.9 Å². The second-order valence-corrected chi connectivity index (χ2v) is 8.14. The fourth-order valence-corrected chi connectivity index (χ4v) is 3.49. The van der Waals surface area contributed by atoms with E-state index in [0.29, 0.717) is 11.3 Å². The van der Waals surface area contributed by atoms with Crippen LogP contribution in [0.1, 0.15) is 0 Å². The van der Waals surface area contributed by atoms with Gasteiger partial charge in [0.05, 0.1) is 26.9 Å². The molecule has 0 unspecified atom stereocenters. The van der Waals surface area contributed by atoms with Crippen LogP contribution in [0.2, 0.25) is 0 Å². The van der Waals surface area contributed by atoms with Crippen molar-refractivity contribution in [2.24, 2.45) is 10.2 Å². The van der Waals surface area contributed by atoms with Crippen LogP contribution in [0.15, 0.2) is 98.8 Å². The summed E-state index contributed by atoms with van der Waals surface area (Å²) in [5.74, 6) is 0. The first-order chi connectivity index (χ1) is 15.7. The van der Waals surface area contributed by atoms with Crippen LogP contribution in [0.5, 0.6) is 0 Å². The summed E-state index contributed by atoms with van der Waals surface area (Å²) < 4.78 is 34.5. The first-order valence-electron chi connectivity index (χ1n) is 9.37. The minimum atomic E-state index is -4.60. The van der Waals surface area contributed by atoms with Gasteiger partial charge in [0.25, 0.3) is 11.2 Å². The van der Waals surface area contributed by atoms with Crippen molar-refractivity contribution in [2.45, 2.75) is 4.90 Å². The largest absolute Gasteiger partial charge is 0.744 e. The molecule has 0 aliphatic heterocycles. The number of azo groups is 1. The Kier molecular flexibility index (Phi) is 5.69. The molecule has 0 aliphatic carbocycles. The number of H-pyrrole nitrogens is 1. The van der Waals surface area contributed by atoms with E-state index in [1.165, 1.54) is 41.1 Å². The fraction of sp³-hybridized carbons (Fsp3) is 0. The number of aromatic nitrogens is 2. The Balaban J connectivity index is 1.80. The lowest BCUT2D eigenvalue weighted by Gasteiger charge is -2.05. The van der Waals surface area contributed by atoms with Crippen molar-refractivity contribution < 1.29 is 17.9 Å². The van der Waals surface area contributed by atoms with Gasteiger partial charge in [0, 0.05) is 17.7 Å². The number of nitro groups is 1. The quantitative estimate of drug-likeness (QED) is 0.196. The summed E-state index contributed by atoms with van der Waals surface area (Å²) in [7, 11) is -4.60. The van der Waals surface area contributed by atoms with Crippen LogP contribution in [0, 0.1) is 10.1 Å². The smallest absolute Gasteiger partial charge is 0.299 e. The van der Waals surface area contributed by atoms with Crippen molar-refractivity contribution in [1.29, 1.82) is 0 Å². The third-order valence-electron chi connectivity index (χ3n) is 4.64. The van der Waals surface area contributed by atoms with E-state index in [4.69, 9.17) is 0 Å². The predicted molar refractivity (Wildman–Crippen MR) is 117 cm³/mol. The monoisotopic (exact) mass is 464 g/mol. The number of hydrogen-bond acceptors (Lipinski definition) is 8. The van der Waals surface area contributed by atoms with Gasteiger partial charge >= 0.3 is 0 Å². The lowest BCUT2D eigenvalue weighted by atomic mass is 10.1. The number of benzene rings is 3. The fourth-order valence-electron chi connectivity index (χ4n) is 3.02. The molecule has 3 aromatic carbocycles. The Morgan fingerprint density at radius 2 is 1.52 bits per heavy atom. The highest BCUT2D eigenvalue weighted by atomic mass is 32.2. The number of aromatic amines is 1. The van der Waals surface area contributed by atoms with Gasteiger partial charge in [-0.05, 0) is 48.5 Å². The van der Waals surface area contributed by atoms with Crippen molar-refractivity contribution in [3.63, 3.8) is 0 Å². The lowest BCUT2D eigenvalue weighted by Crippen LogP contribution is -2.13. The van der Waals surface area contributed by atoms with Crippen LogP contribution in [0.4, 0.5) is 17.1 Å². The van der Waals surface area contributed by atoms with Crippen molar-refractivity contribution in [2.75, 3.05) is 0 Å². The van der Waals surface area contributed by atoms with Crippen LogP contribution in [0.3, 0.4) is 0 Å². The molecule has 0 fully saturated rings. The standard InChI is InChI=1S/C21H15N5O6S/c27-21-20(23-22-15-8-12-18(13-9-15)33(30,31)32)19(14-6-10-17(11-7-14)26(28)29)24-25(21)16-4-2-1-3-5-16/h1-13,24H,(H,30,31,32)/p-1. The summed E-state index contributed by atoms with van der Waals surface area (Å²) in [4.78, 5) is 23.1. The summed E-state index contributed by atoms with van der Waals surface area (Å²) in [6, 6.07) is 19.0. The molecule has 0 aliphatic rings. The molecule has 33 heavy (non-hydrogen) atoms. The lowest BCUT2D eigenvalue weighted by molar-refractivity contribution is -0.384. The third-order valence-corrected chi connectivity index (χ3v) is 5.49. The van der Waals surface area contributed by atoms with Gasteiger partial charge in [-0.25, -0.2) is 13.1 Å². The van der Waals surface area contributed by atoms with Gasteiger partial charge in [-0.2, -0.15) is 5.11 Å². The van der Waals surface area contributed by atoms with Crippen molar-refractivity contribution in [3.8, 4) is 16.9 Å². The highest BCUT2D eigenvalue weighted by Crippen LogP contribution is 2.29. The molecule has 11 nitrogen and oxygen atoms in total. The molecule has 1 heterocycles. The molecule has 0 saturated carbocycles. The summed E-state index contributed by atoms with van der Waals surface area (Å²) in [5.41, 5.74) is 0.807. The summed E-state index contributed by atoms with van der Waals surface area (Å²) in [5, 5.41) is 21.9. The van der Waals surface area contributed by atoms with Crippen LogP contribution < -0.4 is 5.56 Å². The molecular formula is C21H14N5O6S-. The molecule has 1 aromatic heterocycles. The summed E-state index contributed by atoms with van der Waals surface area (Å²) in [6.07, 6.45) is 0. The van der Waals surface area contributed by atoms with Crippen LogP contribution in [0.25, 0.3) is 16.9 Å². The van der Waals surface area contributed by atoms with Gasteiger partial charge in [0.15, 0.2) is 5.69 Å². The Morgan fingerprint density at radius 3 is 2.09 bits per heavy atom. The van der Waals surface area contributed by atoms with Crippen molar-refractivity contribution in [1.82, 2.24) is 9.78 Å².